The van der Waals surface area contributed by atoms with Crippen molar-refractivity contribution < 1.29 is 46.8 Å². The molecule has 1 aliphatic heterocycles. The number of epoxide rings is 1. The standard InChI is InChI=1S/C48H78NO9P/c1-6-8-10-11-12-13-14-15-16-17-18-19-20-24-27-30-34-38-47(50)54-42-44(43-56-59(52,53)55-41-40-49(3,4)5)57-48(51)39-35-31-28-25-22-21-23-26-29-33-37-46-45(58-46)36-32-9-7-2/h8,10,12-13,15-16,18-19,21,23-25,27-29,33,44-46H,6-7,9,11,14,17,20,22,26,30-32,34-43H2,1-5H3/b10-8-,13-12-,16-15-,19-18-,23-21-,27-24-,28-25-,33-29-/t44-,45?,46?/m1/s1. The maximum Gasteiger partial charge on any atom is 0.306 e. The molecular weight excluding hydrogens is 765 g/mol. The fourth-order valence-corrected chi connectivity index (χ4v) is 6.21. The molecule has 0 aromatic heterocycles. The van der Waals surface area contributed by atoms with Crippen molar-refractivity contribution in [3.63, 3.8) is 0 Å². The second-order valence-corrected chi connectivity index (χ2v) is 17.1. The maximum atomic E-state index is 12.7. The molecule has 11 heteroatoms. The molecule has 0 aromatic rings. The van der Waals surface area contributed by atoms with Gasteiger partial charge in [0.2, 0.25) is 0 Å². The molecule has 1 rings (SSSR count). The Bertz CT molecular complexity index is 1390. The number of phosphoric ester groups is 1. The third kappa shape index (κ3) is 36.5. The van der Waals surface area contributed by atoms with Gasteiger partial charge < -0.3 is 32.6 Å². The van der Waals surface area contributed by atoms with Crippen molar-refractivity contribution in [2.75, 3.05) is 47.5 Å². The van der Waals surface area contributed by atoms with Crippen LogP contribution in [0.2, 0.25) is 0 Å². The van der Waals surface area contributed by atoms with E-state index in [-0.39, 0.29) is 26.1 Å². The van der Waals surface area contributed by atoms with Crippen LogP contribution in [-0.2, 0) is 37.4 Å². The van der Waals surface area contributed by atoms with Gasteiger partial charge in [-0.1, -0.05) is 130 Å². The zero-order valence-electron chi connectivity index (χ0n) is 37.1. The summed E-state index contributed by atoms with van der Waals surface area (Å²) in [7, 11) is 1.07. The number of hydrogen-bond acceptors (Lipinski definition) is 9. The van der Waals surface area contributed by atoms with Crippen molar-refractivity contribution in [2.24, 2.45) is 0 Å². The predicted molar refractivity (Wildman–Crippen MR) is 239 cm³/mol. The van der Waals surface area contributed by atoms with E-state index in [0.717, 1.165) is 51.4 Å². The summed E-state index contributed by atoms with van der Waals surface area (Å²) in [6, 6.07) is 0. The van der Waals surface area contributed by atoms with Crippen LogP contribution in [0.5, 0.6) is 0 Å². The van der Waals surface area contributed by atoms with Crippen LogP contribution in [-0.4, -0.2) is 82.2 Å². The Labute approximate surface area is 358 Å². The molecule has 4 atom stereocenters. The van der Waals surface area contributed by atoms with Crippen LogP contribution in [0.15, 0.2) is 97.2 Å². The fraction of sp³-hybridized carbons (Fsp3) is 0.625. The smallest absolute Gasteiger partial charge is 0.306 e. The molecule has 10 nitrogen and oxygen atoms in total. The fourth-order valence-electron chi connectivity index (χ4n) is 5.48. The molecule has 0 saturated carbocycles. The van der Waals surface area contributed by atoms with Crippen molar-refractivity contribution in [3.8, 4) is 0 Å². The largest absolute Gasteiger partial charge is 0.756 e. The van der Waals surface area contributed by atoms with Gasteiger partial charge in [0.05, 0.1) is 40.0 Å². The molecule has 334 valence electrons. The summed E-state index contributed by atoms with van der Waals surface area (Å²) in [5.74, 6) is -0.985. The Morgan fingerprint density at radius 2 is 1.15 bits per heavy atom. The second kappa shape index (κ2) is 35.6. The lowest BCUT2D eigenvalue weighted by molar-refractivity contribution is -0.870. The van der Waals surface area contributed by atoms with Gasteiger partial charge in [0.25, 0.3) is 7.82 Å². The lowest BCUT2D eigenvalue weighted by Crippen LogP contribution is -2.37. The second-order valence-electron chi connectivity index (χ2n) is 15.7. The highest BCUT2D eigenvalue weighted by molar-refractivity contribution is 7.45. The normalized spacial score (nSPS) is 17.9. The third-order valence-corrected chi connectivity index (χ3v) is 9.98. The molecule has 0 aliphatic carbocycles. The molecule has 59 heavy (non-hydrogen) atoms. The summed E-state index contributed by atoms with van der Waals surface area (Å²) in [5.41, 5.74) is 0. The van der Waals surface area contributed by atoms with E-state index in [1.807, 2.05) is 33.3 Å². The molecule has 0 N–H and O–H groups in total. The number of hydrogen-bond donors (Lipinski definition) is 0. The van der Waals surface area contributed by atoms with Gasteiger partial charge in [-0.3, -0.25) is 14.2 Å². The van der Waals surface area contributed by atoms with Crippen LogP contribution in [0.1, 0.15) is 129 Å². The number of likely N-dealkylation sites (N-methyl/N-ethyl adjacent to an activating group) is 1. The van der Waals surface area contributed by atoms with E-state index in [1.54, 1.807) is 0 Å². The van der Waals surface area contributed by atoms with Crippen LogP contribution in [0.3, 0.4) is 0 Å². The summed E-state index contributed by atoms with van der Waals surface area (Å²) in [6.07, 6.45) is 49.1. The number of quaternary nitrogens is 1. The van der Waals surface area contributed by atoms with E-state index < -0.39 is 32.5 Å². The Balaban J connectivity index is 2.37. The number of carbonyl (C=O) groups is 2. The first-order valence-corrected chi connectivity index (χ1v) is 23.5. The van der Waals surface area contributed by atoms with E-state index in [9.17, 15) is 19.0 Å². The minimum absolute atomic E-state index is 0.0577. The molecule has 1 aliphatic rings. The van der Waals surface area contributed by atoms with Gasteiger partial charge in [0.1, 0.15) is 19.8 Å². The van der Waals surface area contributed by atoms with E-state index in [0.29, 0.717) is 48.9 Å². The summed E-state index contributed by atoms with van der Waals surface area (Å²) in [6.45, 7) is 3.91. The van der Waals surface area contributed by atoms with Gasteiger partial charge in [-0.05, 0) is 83.5 Å². The van der Waals surface area contributed by atoms with E-state index >= 15 is 0 Å². The highest BCUT2D eigenvalue weighted by Crippen LogP contribution is 2.38. The lowest BCUT2D eigenvalue weighted by Gasteiger charge is -2.28. The van der Waals surface area contributed by atoms with E-state index in [2.05, 4.69) is 98.9 Å². The van der Waals surface area contributed by atoms with Crippen molar-refractivity contribution in [2.45, 2.75) is 148 Å². The van der Waals surface area contributed by atoms with Crippen LogP contribution in [0, 0.1) is 0 Å². The number of ether oxygens (including phenoxy) is 3. The molecule has 0 amide bonds. The van der Waals surface area contributed by atoms with Crippen molar-refractivity contribution in [1.82, 2.24) is 0 Å². The molecule has 1 saturated heterocycles. The predicted octanol–water partition coefficient (Wildman–Crippen LogP) is 10.9. The highest BCUT2D eigenvalue weighted by atomic mass is 31.2. The van der Waals surface area contributed by atoms with Crippen LogP contribution in [0.4, 0.5) is 0 Å². The zero-order chi connectivity index (χ0) is 43.3. The summed E-state index contributed by atoms with van der Waals surface area (Å²) < 4.78 is 39.5. The number of allylic oxidation sites excluding steroid dienone is 15. The number of nitrogens with zero attached hydrogens (tertiary/aromatic N) is 1. The molecule has 0 bridgehead atoms. The monoisotopic (exact) mass is 844 g/mol. The molecule has 0 aromatic carbocycles. The number of phosphoric acid groups is 1. The number of esters is 2. The minimum Gasteiger partial charge on any atom is -0.756 e. The first-order valence-electron chi connectivity index (χ1n) is 22.1. The average molecular weight is 844 g/mol. The van der Waals surface area contributed by atoms with Crippen molar-refractivity contribution in [3.05, 3.63) is 97.2 Å². The van der Waals surface area contributed by atoms with Crippen molar-refractivity contribution in [1.29, 1.82) is 0 Å². The Kier molecular flexibility index (Phi) is 32.6. The molecule has 0 radical (unpaired) electrons. The molecule has 1 heterocycles. The summed E-state index contributed by atoms with van der Waals surface area (Å²) in [4.78, 5) is 37.5. The quantitative estimate of drug-likeness (QED) is 0.0150. The van der Waals surface area contributed by atoms with Gasteiger partial charge in [-0.15, -0.1) is 0 Å². The first-order chi connectivity index (χ1) is 28.5. The molecule has 0 spiro atoms. The van der Waals surface area contributed by atoms with Crippen molar-refractivity contribution >= 4 is 19.8 Å². The SMILES string of the molecule is CC/C=C\C/C=C\C/C=C\C/C=C\C/C=C\CCCC(=O)OC[C@H](COP(=O)([O-])OCC[N+](C)(C)C)OC(=O)CCC/C=C\C/C=C\C/C=C\CC1OC1CCCCC. The Morgan fingerprint density at radius 3 is 1.68 bits per heavy atom. The summed E-state index contributed by atoms with van der Waals surface area (Å²) in [5, 5.41) is 0. The average Bonchev–Trinajstić information content (AvgIpc) is 3.94. The van der Waals surface area contributed by atoms with Gasteiger partial charge in [0.15, 0.2) is 6.10 Å². The van der Waals surface area contributed by atoms with Gasteiger partial charge in [-0.2, -0.15) is 0 Å². The van der Waals surface area contributed by atoms with E-state index in [1.165, 1.54) is 25.7 Å². The first kappa shape index (κ1) is 53.9. The Morgan fingerprint density at radius 1 is 0.644 bits per heavy atom. The number of unbranched alkanes of at least 4 members (excludes halogenated alkanes) is 4. The third-order valence-electron chi connectivity index (χ3n) is 9.01. The number of carbonyl (C=O) groups excluding carboxylic acids is 2. The van der Waals surface area contributed by atoms with Gasteiger partial charge in [0, 0.05) is 12.8 Å². The van der Waals surface area contributed by atoms with Gasteiger partial charge in [-0.25, -0.2) is 0 Å². The number of rotatable bonds is 37. The van der Waals surface area contributed by atoms with Gasteiger partial charge >= 0.3 is 11.9 Å². The molecular formula is C48H78NO9P. The molecule has 1 fully saturated rings. The van der Waals surface area contributed by atoms with Crippen LogP contribution >= 0.6 is 7.82 Å². The zero-order valence-corrected chi connectivity index (χ0v) is 38.0. The van der Waals surface area contributed by atoms with Crippen LogP contribution in [0.25, 0.3) is 0 Å². The maximum absolute atomic E-state index is 12.7. The minimum atomic E-state index is -4.66. The highest BCUT2D eigenvalue weighted by Gasteiger charge is 2.36. The molecule has 3 unspecified atom stereocenters. The van der Waals surface area contributed by atoms with E-state index in [4.69, 9.17) is 23.3 Å². The van der Waals surface area contributed by atoms with Crippen LogP contribution < -0.4 is 4.89 Å². The topological polar surface area (TPSA) is 124 Å². The summed E-state index contributed by atoms with van der Waals surface area (Å²) >= 11 is 0. The lowest BCUT2D eigenvalue weighted by atomic mass is 10.1. The Hall–Kier alpha value is -3.11.